The van der Waals surface area contributed by atoms with Crippen LogP contribution in [0.4, 0.5) is 11.4 Å². The zero-order valence-electron chi connectivity index (χ0n) is 15.3. The highest BCUT2D eigenvalue weighted by Crippen LogP contribution is 2.28. The van der Waals surface area contributed by atoms with Crippen LogP contribution in [0.3, 0.4) is 0 Å². The van der Waals surface area contributed by atoms with Crippen LogP contribution in [-0.2, 0) is 11.3 Å². The molecule has 1 fully saturated rings. The lowest BCUT2D eigenvalue weighted by Crippen LogP contribution is -2.50. The SMILES string of the molecule is O=C(Cn1nc(-c2ccco2)oc1=O)N1CCN(c2ccccc2[N+](=O)[O-])CC1. The van der Waals surface area contributed by atoms with Crippen molar-refractivity contribution in [3.63, 3.8) is 0 Å². The Morgan fingerprint density at radius 2 is 1.90 bits per heavy atom. The van der Waals surface area contributed by atoms with Crippen LogP contribution in [0, 0.1) is 10.1 Å². The number of anilines is 1. The van der Waals surface area contributed by atoms with E-state index in [1.54, 1.807) is 35.2 Å². The van der Waals surface area contributed by atoms with Crippen LogP contribution < -0.4 is 10.7 Å². The lowest BCUT2D eigenvalue weighted by atomic mass is 10.2. The molecule has 0 saturated carbocycles. The van der Waals surface area contributed by atoms with Crippen molar-refractivity contribution in [1.29, 1.82) is 0 Å². The van der Waals surface area contributed by atoms with Gasteiger partial charge < -0.3 is 18.6 Å². The molecule has 0 radical (unpaired) electrons. The fraction of sp³-hybridized carbons (Fsp3) is 0.278. The minimum atomic E-state index is -0.747. The normalized spacial score (nSPS) is 14.2. The van der Waals surface area contributed by atoms with Crippen molar-refractivity contribution < 1.29 is 18.6 Å². The van der Waals surface area contributed by atoms with Crippen molar-refractivity contribution in [2.75, 3.05) is 31.1 Å². The summed E-state index contributed by atoms with van der Waals surface area (Å²) in [6.45, 7) is 1.39. The van der Waals surface area contributed by atoms with Gasteiger partial charge in [-0.05, 0) is 18.2 Å². The third kappa shape index (κ3) is 3.74. The molecule has 0 N–H and O–H groups in total. The number of nitro groups is 1. The van der Waals surface area contributed by atoms with E-state index in [2.05, 4.69) is 5.10 Å². The van der Waals surface area contributed by atoms with Crippen LogP contribution >= 0.6 is 0 Å². The molecule has 1 aliphatic rings. The van der Waals surface area contributed by atoms with Gasteiger partial charge in [-0.25, -0.2) is 4.79 Å². The van der Waals surface area contributed by atoms with Crippen molar-refractivity contribution in [2.24, 2.45) is 0 Å². The monoisotopic (exact) mass is 399 g/mol. The third-order valence-electron chi connectivity index (χ3n) is 4.67. The number of piperazine rings is 1. The number of furan rings is 1. The number of nitro benzene ring substituents is 1. The van der Waals surface area contributed by atoms with E-state index in [1.165, 1.54) is 12.3 Å². The summed E-state index contributed by atoms with van der Waals surface area (Å²) < 4.78 is 11.1. The van der Waals surface area contributed by atoms with Gasteiger partial charge in [-0.15, -0.1) is 5.10 Å². The Morgan fingerprint density at radius 1 is 1.14 bits per heavy atom. The summed E-state index contributed by atoms with van der Waals surface area (Å²) in [7, 11) is 0. The minimum absolute atomic E-state index is 0.00834. The molecular formula is C18H17N5O6. The van der Waals surface area contributed by atoms with Crippen molar-refractivity contribution in [1.82, 2.24) is 14.7 Å². The molecule has 150 valence electrons. The van der Waals surface area contributed by atoms with E-state index in [4.69, 9.17) is 8.83 Å². The molecule has 11 heteroatoms. The second-order valence-corrected chi connectivity index (χ2v) is 6.42. The molecule has 1 amide bonds. The average Bonchev–Trinajstić information content (AvgIpc) is 3.38. The predicted molar refractivity (Wildman–Crippen MR) is 100 cm³/mol. The van der Waals surface area contributed by atoms with Gasteiger partial charge in [0, 0.05) is 32.2 Å². The van der Waals surface area contributed by atoms with Crippen LogP contribution in [0.15, 0.2) is 56.3 Å². The molecule has 0 unspecified atom stereocenters. The zero-order valence-corrected chi connectivity index (χ0v) is 15.3. The number of carbonyl (C=O) groups excluding carboxylic acids is 1. The third-order valence-corrected chi connectivity index (χ3v) is 4.67. The van der Waals surface area contributed by atoms with Gasteiger partial charge in [0.05, 0.1) is 11.2 Å². The number of benzene rings is 1. The maximum Gasteiger partial charge on any atom is 0.437 e. The highest BCUT2D eigenvalue weighted by Gasteiger charge is 2.26. The first-order valence-corrected chi connectivity index (χ1v) is 8.91. The van der Waals surface area contributed by atoms with Crippen LogP contribution in [0.2, 0.25) is 0 Å². The lowest BCUT2D eigenvalue weighted by Gasteiger charge is -2.35. The summed E-state index contributed by atoms with van der Waals surface area (Å²) >= 11 is 0. The molecule has 0 bridgehead atoms. The first-order chi connectivity index (χ1) is 14.0. The molecule has 1 aliphatic heterocycles. The lowest BCUT2D eigenvalue weighted by molar-refractivity contribution is -0.384. The van der Waals surface area contributed by atoms with E-state index < -0.39 is 10.7 Å². The molecule has 0 atom stereocenters. The van der Waals surface area contributed by atoms with E-state index in [-0.39, 0.29) is 24.0 Å². The first-order valence-electron chi connectivity index (χ1n) is 8.91. The van der Waals surface area contributed by atoms with Gasteiger partial charge in [0.2, 0.25) is 5.91 Å². The molecule has 1 aromatic carbocycles. The Labute approximate surface area is 163 Å². The highest BCUT2D eigenvalue weighted by atomic mass is 16.6. The first kappa shape index (κ1) is 18.5. The predicted octanol–water partition coefficient (Wildman–Crippen LogP) is 1.35. The Morgan fingerprint density at radius 3 is 2.59 bits per heavy atom. The topological polar surface area (TPSA) is 128 Å². The molecule has 0 aliphatic carbocycles. The second-order valence-electron chi connectivity index (χ2n) is 6.42. The number of nitrogens with zero attached hydrogens (tertiary/aromatic N) is 5. The van der Waals surface area contributed by atoms with Crippen LogP contribution in [0.1, 0.15) is 0 Å². The van der Waals surface area contributed by atoms with Crippen molar-refractivity contribution in [3.05, 3.63) is 63.3 Å². The Bertz CT molecular complexity index is 1080. The molecule has 4 rings (SSSR count). The van der Waals surface area contributed by atoms with Gasteiger partial charge in [-0.3, -0.25) is 14.9 Å². The van der Waals surface area contributed by atoms with Crippen molar-refractivity contribution >= 4 is 17.3 Å². The number of aromatic nitrogens is 2. The number of rotatable bonds is 5. The zero-order chi connectivity index (χ0) is 20.4. The highest BCUT2D eigenvalue weighted by molar-refractivity contribution is 5.76. The minimum Gasteiger partial charge on any atom is -0.459 e. The van der Waals surface area contributed by atoms with E-state index in [9.17, 15) is 19.7 Å². The molecular weight excluding hydrogens is 382 g/mol. The average molecular weight is 399 g/mol. The van der Waals surface area contributed by atoms with E-state index in [1.807, 2.05) is 4.90 Å². The van der Waals surface area contributed by atoms with Crippen molar-refractivity contribution in [3.8, 4) is 11.7 Å². The van der Waals surface area contributed by atoms with Crippen LogP contribution in [-0.4, -0.2) is 51.7 Å². The summed E-state index contributed by atoms with van der Waals surface area (Å²) in [5.41, 5.74) is 0.562. The number of carbonyl (C=O) groups is 1. The van der Waals surface area contributed by atoms with Crippen LogP contribution in [0.5, 0.6) is 0 Å². The maximum absolute atomic E-state index is 12.6. The molecule has 1 saturated heterocycles. The molecule has 0 spiro atoms. The molecule has 29 heavy (non-hydrogen) atoms. The standard InChI is InChI=1S/C18H17N5O6/c24-16(12-22-18(25)29-17(19-22)15-6-3-11-28-15)21-9-7-20(8-10-21)13-4-1-2-5-14(13)23(26)27/h1-6,11H,7-10,12H2. The summed E-state index contributed by atoms with van der Waals surface area (Å²) in [4.78, 5) is 38.8. The van der Waals surface area contributed by atoms with Gasteiger partial charge in [0.25, 0.3) is 11.6 Å². The number of para-hydroxylation sites is 2. The summed E-state index contributed by atoms with van der Waals surface area (Å²) in [6.07, 6.45) is 1.43. The largest absolute Gasteiger partial charge is 0.459 e. The second kappa shape index (κ2) is 7.62. The maximum atomic E-state index is 12.6. The Kier molecular flexibility index (Phi) is 4.85. The fourth-order valence-corrected chi connectivity index (χ4v) is 3.22. The smallest absolute Gasteiger partial charge is 0.437 e. The van der Waals surface area contributed by atoms with E-state index in [0.29, 0.717) is 37.6 Å². The van der Waals surface area contributed by atoms with Gasteiger partial charge in [-0.1, -0.05) is 12.1 Å². The number of amides is 1. The summed E-state index contributed by atoms with van der Waals surface area (Å²) in [5.74, 6) is -0.725. The summed E-state index contributed by atoms with van der Waals surface area (Å²) in [6, 6.07) is 9.75. The van der Waals surface area contributed by atoms with Gasteiger partial charge in [0.15, 0.2) is 5.76 Å². The fourth-order valence-electron chi connectivity index (χ4n) is 3.22. The number of hydrogen-bond donors (Lipinski definition) is 0. The quantitative estimate of drug-likeness (QED) is 0.465. The van der Waals surface area contributed by atoms with E-state index in [0.717, 1.165) is 4.68 Å². The van der Waals surface area contributed by atoms with Gasteiger partial charge in [0.1, 0.15) is 12.2 Å². The molecule has 3 heterocycles. The molecule has 3 aromatic rings. The molecule has 11 nitrogen and oxygen atoms in total. The van der Waals surface area contributed by atoms with Gasteiger partial charge >= 0.3 is 5.76 Å². The Hall–Kier alpha value is -3.89. The number of hydrogen-bond acceptors (Lipinski definition) is 8. The molecule has 2 aromatic heterocycles. The Balaban J connectivity index is 1.40. The van der Waals surface area contributed by atoms with Gasteiger partial charge in [-0.2, -0.15) is 4.68 Å². The van der Waals surface area contributed by atoms with Crippen molar-refractivity contribution in [2.45, 2.75) is 6.54 Å². The van der Waals surface area contributed by atoms with Crippen LogP contribution in [0.25, 0.3) is 11.7 Å². The summed E-state index contributed by atoms with van der Waals surface area (Å²) in [5, 5.41) is 15.2. The van der Waals surface area contributed by atoms with E-state index >= 15 is 0 Å².